The zero-order valence-corrected chi connectivity index (χ0v) is 11.8. The fraction of sp³-hybridized carbons (Fsp3) is 0.538. The van der Waals surface area contributed by atoms with E-state index in [2.05, 4.69) is 0 Å². The minimum Gasteiger partial charge on any atom is -0.464 e. The standard InChI is InChI=1S/C13H18N2O5/c1-9(2)4-5-20-13(17)8-14-7-11(15(18)19)10(3)6-12(14)16/h6-7,9H,4-5,8H2,1-3H3. The van der Waals surface area contributed by atoms with Crippen LogP contribution in [-0.2, 0) is 16.1 Å². The van der Waals surface area contributed by atoms with E-state index in [0.717, 1.165) is 23.3 Å². The van der Waals surface area contributed by atoms with E-state index in [1.165, 1.54) is 6.92 Å². The lowest BCUT2D eigenvalue weighted by Gasteiger charge is -2.08. The van der Waals surface area contributed by atoms with Gasteiger partial charge in [-0.1, -0.05) is 13.8 Å². The van der Waals surface area contributed by atoms with Gasteiger partial charge >= 0.3 is 5.97 Å². The second-order valence-corrected chi connectivity index (χ2v) is 4.97. The molecule has 0 aliphatic rings. The number of aromatic nitrogens is 1. The maximum atomic E-state index is 11.7. The molecule has 0 aliphatic heterocycles. The Hall–Kier alpha value is -2.18. The summed E-state index contributed by atoms with van der Waals surface area (Å²) in [6.07, 6.45) is 1.80. The number of nitro groups is 1. The lowest BCUT2D eigenvalue weighted by Crippen LogP contribution is -2.25. The molecule has 0 amide bonds. The van der Waals surface area contributed by atoms with Crippen molar-refractivity contribution < 1.29 is 14.5 Å². The number of nitrogens with zero attached hydrogens (tertiary/aromatic N) is 2. The molecule has 20 heavy (non-hydrogen) atoms. The van der Waals surface area contributed by atoms with Crippen molar-refractivity contribution in [3.05, 3.63) is 38.3 Å². The first-order chi connectivity index (χ1) is 9.31. The van der Waals surface area contributed by atoms with Gasteiger partial charge in [0.25, 0.3) is 11.2 Å². The molecule has 0 radical (unpaired) electrons. The first-order valence-electron chi connectivity index (χ1n) is 6.32. The van der Waals surface area contributed by atoms with Crippen molar-refractivity contribution in [1.82, 2.24) is 4.57 Å². The third kappa shape index (κ3) is 4.49. The number of hydrogen-bond donors (Lipinski definition) is 0. The lowest BCUT2D eigenvalue weighted by molar-refractivity contribution is -0.385. The van der Waals surface area contributed by atoms with Crippen molar-refractivity contribution in [1.29, 1.82) is 0 Å². The lowest BCUT2D eigenvalue weighted by atomic mass is 10.1. The van der Waals surface area contributed by atoms with Gasteiger partial charge in [0.05, 0.1) is 17.7 Å². The van der Waals surface area contributed by atoms with Crippen LogP contribution in [0.5, 0.6) is 0 Å². The zero-order valence-electron chi connectivity index (χ0n) is 11.8. The molecule has 1 aromatic rings. The number of carbonyl (C=O) groups excluding carboxylic acids is 1. The van der Waals surface area contributed by atoms with E-state index in [-0.39, 0.29) is 24.4 Å². The molecule has 0 saturated heterocycles. The molecule has 1 aromatic heterocycles. The van der Waals surface area contributed by atoms with Gasteiger partial charge in [0.1, 0.15) is 6.54 Å². The van der Waals surface area contributed by atoms with Crippen LogP contribution in [0, 0.1) is 23.0 Å². The highest BCUT2D eigenvalue weighted by Crippen LogP contribution is 2.13. The smallest absolute Gasteiger partial charge is 0.326 e. The second kappa shape index (κ2) is 6.83. The fourth-order valence-electron chi connectivity index (χ4n) is 1.56. The molecule has 0 spiro atoms. The number of ether oxygens (including phenoxy) is 1. The molecular formula is C13H18N2O5. The van der Waals surface area contributed by atoms with Gasteiger partial charge in [-0.2, -0.15) is 0 Å². The van der Waals surface area contributed by atoms with Gasteiger partial charge in [-0.3, -0.25) is 24.3 Å². The second-order valence-electron chi connectivity index (χ2n) is 4.97. The van der Waals surface area contributed by atoms with E-state index in [0.29, 0.717) is 5.92 Å². The maximum absolute atomic E-state index is 11.7. The van der Waals surface area contributed by atoms with E-state index in [1.807, 2.05) is 13.8 Å². The van der Waals surface area contributed by atoms with Gasteiger partial charge in [0.2, 0.25) is 0 Å². The largest absolute Gasteiger partial charge is 0.464 e. The molecule has 1 rings (SSSR count). The summed E-state index contributed by atoms with van der Waals surface area (Å²) in [5.74, 6) is -0.170. The normalized spacial score (nSPS) is 10.6. The molecule has 7 nitrogen and oxygen atoms in total. The quantitative estimate of drug-likeness (QED) is 0.449. The number of carbonyl (C=O) groups is 1. The monoisotopic (exact) mass is 282 g/mol. The van der Waals surface area contributed by atoms with Crippen molar-refractivity contribution in [2.24, 2.45) is 5.92 Å². The highest BCUT2D eigenvalue weighted by molar-refractivity contribution is 5.69. The molecular weight excluding hydrogens is 264 g/mol. The summed E-state index contributed by atoms with van der Waals surface area (Å²) in [6, 6.07) is 1.14. The van der Waals surface area contributed by atoms with Gasteiger partial charge in [-0.05, 0) is 19.3 Å². The Morgan fingerprint density at radius 1 is 1.50 bits per heavy atom. The Kier molecular flexibility index (Phi) is 5.42. The molecule has 0 aromatic carbocycles. The summed E-state index contributed by atoms with van der Waals surface area (Å²) in [7, 11) is 0. The fourth-order valence-corrected chi connectivity index (χ4v) is 1.56. The zero-order chi connectivity index (χ0) is 15.3. The Morgan fingerprint density at radius 2 is 2.15 bits per heavy atom. The summed E-state index contributed by atoms with van der Waals surface area (Å²) >= 11 is 0. The molecule has 110 valence electrons. The molecule has 0 aliphatic carbocycles. The summed E-state index contributed by atoms with van der Waals surface area (Å²) in [4.78, 5) is 33.4. The predicted molar refractivity (Wildman–Crippen MR) is 72.5 cm³/mol. The van der Waals surface area contributed by atoms with Crippen molar-refractivity contribution >= 4 is 11.7 Å². The van der Waals surface area contributed by atoms with Crippen LogP contribution in [0.25, 0.3) is 0 Å². The number of hydrogen-bond acceptors (Lipinski definition) is 5. The first-order valence-corrected chi connectivity index (χ1v) is 6.32. The van der Waals surface area contributed by atoms with E-state index in [4.69, 9.17) is 4.74 Å². The molecule has 0 fully saturated rings. The van der Waals surface area contributed by atoms with E-state index >= 15 is 0 Å². The number of aryl methyl sites for hydroxylation is 1. The third-order valence-corrected chi connectivity index (χ3v) is 2.76. The summed E-state index contributed by atoms with van der Waals surface area (Å²) in [5, 5.41) is 10.8. The van der Waals surface area contributed by atoms with E-state index in [9.17, 15) is 19.7 Å². The van der Waals surface area contributed by atoms with Crippen LogP contribution in [0.15, 0.2) is 17.1 Å². The van der Waals surface area contributed by atoms with Crippen LogP contribution in [0.4, 0.5) is 5.69 Å². The average molecular weight is 282 g/mol. The Morgan fingerprint density at radius 3 is 2.70 bits per heavy atom. The Balaban J connectivity index is 2.77. The van der Waals surface area contributed by atoms with E-state index < -0.39 is 16.5 Å². The maximum Gasteiger partial charge on any atom is 0.326 e. The van der Waals surface area contributed by atoms with Crippen LogP contribution in [-0.4, -0.2) is 22.1 Å². The van der Waals surface area contributed by atoms with Crippen LogP contribution in [0.2, 0.25) is 0 Å². The summed E-state index contributed by atoms with van der Waals surface area (Å²) in [6.45, 7) is 5.44. The van der Waals surface area contributed by atoms with Crippen LogP contribution < -0.4 is 5.56 Å². The molecule has 1 heterocycles. The Bertz CT molecular complexity index is 562. The van der Waals surface area contributed by atoms with Crippen molar-refractivity contribution in [3.8, 4) is 0 Å². The molecule has 0 saturated carbocycles. The van der Waals surface area contributed by atoms with Crippen LogP contribution in [0.1, 0.15) is 25.8 Å². The SMILES string of the molecule is Cc1cc(=O)n(CC(=O)OCCC(C)C)cc1[N+](=O)[O-]. The predicted octanol–water partition coefficient (Wildman–Crippen LogP) is 1.65. The number of rotatable bonds is 6. The van der Waals surface area contributed by atoms with Crippen molar-refractivity contribution in [2.45, 2.75) is 33.7 Å². The Labute approximate surface area is 116 Å². The van der Waals surface area contributed by atoms with Gasteiger partial charge < -0.3 is 4.74 Å². The molecule has 7 heteroatoms. The van der Waals surface area contributed by atoms with Gasteiger partial charge in [0, 0.05) is 11.6 Å². The van der Waals surface area contributed by atoms with Crippen LogP contribution >= 0.6 is 0 Å². The number of esters is 1. The molecule has 0 unspecified atom stereocenters. The minimum absolute atomic E-state index is 0.195. The molecule has 0 atom stereocenters. The first kappa shape index (κ1) is 15.9. The summed E-state index contributed by atoms with van der Waals surface area (Å²) < 4.78 is 5.96. The molecule has 0 N–H and O–H groups in total. The minimum atomic E-state index is -0.588. The topological polar surface area (TPSA) is 91.4 Å². The highest BCUT2D eigenvalue weighted by atomic mass is 16.6. The van der Waals surface area contributed by atoms with Crippen molar-refractivity contribution in [2.75, 3.05) is 6.61 Å². The van der Waals surface area contributed by atoms with E-state index in [1.54, 1.807) is 0 Å². The highest BCUT2D eigenvalue weighted by Gasteiger charge is 2.15. The average Bonchev–Trinajstić information content (AvgIpc) is 2.31. The van der Waals surface area contributed by atoms with Crippen LogP contribution in [0.3, 0.4) is 0 Å². The summed E-state index contributed by atoms with van der Waals surface area (Å²) in [5.41, 5.74) is -0.391. The van der Waals surface area contributed by atoms with Gasteiger partial charge in [-0.25, -0.2) is 0 Å². The van der Waals surface area contributed by atoms with Gasteiger partial charge in [0.15, 0.2) is 0 Å². The molecule has 0 bridgehead atoms. The third-order valence-electron chi connectivity index (χ3n) is 2.76. The van der Waals surface area contributed by atoms with Gasteiger partial charge in [-0.15, -0.1) is 0 Å². The van der Waals surface area contributed by atoms with Crippen molar-refractivity contribution in [3.63, 3.8) is 0 Å². The number of pyridine rings is 1.